The van der Waals surface area contributed by atoms with Gasteiger partial charge < -0.3 is 14.4 Å². The van der Waals surface area contributed by atoms with E-state index in [9.17, 15) is 13.2 Å². The second-order valence-electron chi connectivity index (χ2n) is 15.7. The summed E-state index contributed by atoms with van der Waals surface area (Å²) in [6.07, 6.45) is 9.40. The number of nitrogens with one attached hydrogen (secondary N) is 1. The largest absolute Gasteiger partial charge is 0.491 e. The summed E-state index contributed by atoms with van der Waals surface area (Å²) in [5.74, 6) is 2.93. The third kappa shape index (κ3) is 7.08. The molecule has 4 heterocycles. The van der Waals surface area contributed by atoms with Gasteiger partial charge in [-0.3, -0.25) is 18.6 Å². The molecule has 3 fully saturated rings. The molecule has 7 atom stereocenters. The zero-order valence-corrected chi connectivity index (χ0v) is 32.2. The third-order valence-electron chi connectivity index (χ3n) is 12.2. The zero-order chi connectivity index (χ0) is 35.2. The first kappa shape index (κ1) is 36.1. The topological polar surface area (TPSA) is 88.2 Å². The zero-order valence-electron chi connectivity index (χ0n) is 29.8. The molecule has 272 valence electrons. The summed E-state index contributed by atoms with van der Waals surface area (Å²) in [6, 6.07) is 11.9. The van der Waals surface area contributed by atoms with Crippen LogP contribution < -0.4 is 14.4 Å². The Morgan fingerprint density at radius 1 is 1.08 bits per heavy atom. The Balaban J connectivity index is 1.25. The van der Waals surface area contributed by atoms with Crippen LogP contribution in [0.4, 0.5) is 5.69 Å². The van der Waals surface area contributed by atoms with Crippen molar-refractivity contribution >= 4 is 45.0 Å². The maximum atomic E-state index is 13.5. The van der Waals surface area contributed by atoms with E-state index < -0.39 is 27.4 Å². The smallest absolute Gasteiger partial charge is 0.263 e. The predicted octanol–water partition coefficient (Wildman–Crippen LogP) is 6.13. The number of likely N-dealkylation sites (tertiary alicyclic amines) is 1. The van der Waals surface area contributed by atoms with E-state index in [1.165, 1.54) is 11.1 Å². The Kier molecular flexibility index (Phi) is 10.6. The van der Waals surface area contributed by atoms with Crippen LogP contribution in [-0.4, -0.2) is 88.0 Å². The minimum atomic E-state index is -1.55. The Hall–Kier alpha value is -2.24. The van der Waals surface area contributed by atoms with Gasteiger partial charge in [-0.05, 0) is 91.8 Å². The average Bonchev–Trinajstić information content (AvgIpc) is 3.23. The minimum Gasteiger partial charge on any atom is -0.491 e. The van der Waals surface area contributed by atoms with Crippen molar-refractivity contribution in [2.75, 3.05) is 62.8 Å². The number of ether oxygens (including phenoxy) is 2. The van der Waals surface area contributed by atoms with Crippen molar-refractivity contribution in [1.82, 2.24) is 9.62 Å². The number of amides is 1. The highest BCUT2D eigenvalue weighted by Gasteiger charge is 2.55. The maximum Gasteiger partial charge on any atom is 0.263 e. The van der Waals surface area contributed by atoms with Gasteiger partial charge in [-0.15, -0.1) is 0 Å². The number of nitrogens with zero attached hydrogens (tertiary/aromatic N) is 2. The van der Waals surface area contributed by atoms with Gasteiger partial charge in [0.1, 0.15) is 22.3 Å². The molecule has 1 N–H and O–H groups in total. The van der Waals surface area contributed by atoms with Crippen LogP contribution in [0, 0.1) is 23.2 Å². The van der Waals surface area contributed by atoms with Gasteiger partial charge >= 0.3 is 0 Å². The first-order valence-electron chi connectivity index (χ1n) is 18.3. The van der Waals surface area contributed by atoms with Crippen molar-refractivity contribution < 1.29 is 22.7 Å². The lowest BCUT2D eigenvalue weighted by atomic mass is 9.63. The molecular weight excluding hydrogens is 690 g/mol. The molecular formula is C39H52ClN3O5S2. The lowest BCUT2D eigenvalue weighted by Gasteiger charge is -2.58. The van der Waals surface area contributed by atoms with Crippen LogP contribution in [0.1, 0.15) is 73.9 Å². The molecule has 2 saturated heterocycles. The molecule has 0 aromatic heterocycles. The lowest BCUT2D eigenvalue weighted by molar-refractivity contribution is -0.115. The van der Waals surface area contributed by atoms with E-state index >= 15 is 0 Å². The van der Waals surface area contributed by atoms with Gasteiger partial charge in [0.15, 0.2) is 0 Å². The summed E-state index contributed by atoms with van der Waals surface area (Å²) in [5.41, 5.74) is 3.65. The van der Waals surface area contributed by atoms with Crippen LogP contribution in [0.5, 0.6) is 5.75 Å². The Labute approximate surface area is 307 Å². The van der Waals surface area contributed by atoms with Crippen molar-refractivity contribution in [2.45, 2.75) is 69.6 Å². The number of halogens is 1. The second-order valence-corrected chi connectivity index (χ2v) is 19.2. The number of hydrogen-bond donors (Lipinski definition) is 1. The number of rotatable bonds is 6. The predicted molar refractivity (Wildman–Crippen MR) is 203 cm³/mol. The highest BCUT2D eigenvalue weighted by atomic mass is 35.5. The normalized spacial score (nSPS) is 33.5. The number of hydrogen-bond acceptors (Lipinski definition) is 7. The minimum absolute atomic E-state index is 0.0857. The van der Waals surface area contributed by atoms with Gasteiger partial charge in [-0.2, -0.15) is 0 Å². The Bertz CT molecular complexity index is 1670. The highest BCUT2D eigenvalue weighted by molar-refractivity contribution is 7.86. The first-order chi connectivity index (χ1) is 24.0. The SMILES string of the molecule is CCCc1cc(Cl)ccc1C1COc2ccc3cc2N(C1)CC1CCC1C(CN1CC2(C1)CS(=O)C2)(OC)/C=C/CC(C)C(C)S(=O)NC3=O. The number of anilines is 1. The summed E-state index contributed by atoms with van der Waals surface area (Å²) in [7, 11) is -0.360. The molecule has 0 radical (unpaired) electrons. The molecule has 1 amide bonds. The molecule has 7 rings (SSSR count). The molecule has 1 aliphatic carbocycles. The van der Waals surface area contributed by atoms with Crippen LogP contribution in [0.2, 0.25) is 5.02 Å². The summed E-state index contributed by atoms with van der Waals surface area (Å²) >= 11 is 6.48. The number of carbonyl (C=O) groups is 1. The van der Waals surface area contributed by atoms with Crippen LogP contribution in [0.3, 0.4) is 0 Å². The van der Waals surface area contributed by atoms with E-state index in [2.05, 4.69) is 52.7 Å². The van der Waals surface area contributed by atoms with Crippen molar-refractivity contribution in [1.29, 1.82) is 0 Å². The van der Waals surface area contributed by atoms with E-state index in [-0.39, 0.29) is 28.4 Å². The Morgan fingerprint density at radius 2 is 1.88 bits per heavy atom. The first-order valence-corrected chi connectivity index (χ1v) is 21.4. The molecule has 4 aliphatic heterocycles. The van der Waals surface area contributed by atoms with Gasteiger partial charge in [-0.1, -0.05) is 50.1 Å². The molecule has 2 bridgehead atoms. The molecule has 5 aliphatic rings. The number of allylic oxidation sites excluding steroid dienone is 1. The van der Waals surface area contributed by atoms with Gasteiger partial charge in [-0.25, -0.2) is 4.21 Å². The molecule has 7 unspecified atom stereocenters. The number of benzene rings is 2. The molecule has 1 spiro atoms. The van der Waals surface area contributed by atoms with Crippen molar-refractivity contribution in [3.05, 3.63) is 70.3 Å². The third-order valence-corrected chi connectivity index (χ3v) is 15.8. The van der Waals surface area contributed by atoms with Gasteiger partial charge in [0.2, 0.25) is 0 Å². The van der Waals surface area contributed by atoms with Gasteiger partial charge in [0.25, 0.3) is 5.91 Å². The number of aryl methyl sites for hydroxylation is 1. The summed E-state index contributed by atoms with van der Waals surface area (Å²) in [5, 5.41) is 0.509. The molecule has 50 heavy (non-hydrogen) atoms. The van der Waals surface area contributed by atoms with E-state index in [4.69, 9.17) is 21.1 Å². The fraction of sp³-hybridized carbons (Fsp3) is 0.615. The average molecular weight is 742 g/mol. The number of fused-ring (bicyclic) bond motifs is 2. The molecule has 2 aromatic rings. The van der Waals surface area contributed by atoms with E-state index in [1.54, 1.807) is 6.07 Å². The lowest BCUT2D eigenvalue weighted by Crippen LogP contribution is -2.69. The molecule has 1 saturated carbocycles. The van der Waals surface area contributed by atoms with Crippen LogP contribution in [0.15, 0.2) is 48.6 Å². The fourth-order valence-corrected chi connectivity index (χ4v) is 11.9. The Morgan fingerprint density at radius 3 is 2.58 bits per heavy atom. The summed E-state index contributed by atoms with van der Waals surface area (Å²) < 4.78 is 41.4. The van der Waals surface area contributed by atoms with Gasteiger partial charge in [0, 0.05) is 84.1 Å². The van der Waals surface area contributed by atoms with Crippen molar-refractivity contribution in [2.24, 2.45) is 23.2 Å². The molecule has 2 aromatic carbocycles. The van der Waals surface area contributed by atoms with E-state index in [1.807, 2.05) is 32.2 Å². The molecule has 8 nitrogen and oxygen atoms in total. The maximum absolute atomic E-state index is 13.5. The second kappa shape index (κ2) is 14.6. The fourth-order valence-electron chi connectivity index (χ4n) is 9.06. The standard InChI is InChI=1S/C39H52ClN3O5S2/c1-5-7-28-16-32(40)11-12-33(28)31-19-43-18-30-9-13-34(30)39(47-4,23-42-21-38(22-42)24-49(45)25-38)15-6-8-26(2)27(3)50(46)41-37(44)29-10-14-36(48-20-31)35(43)17-29/h6,10-12,14-17,26-27,30-31,34H,5,7-9,13,18-25H2,1-4H3,(H,41,44)/b15-6+. The quantitative estimate of drug-likeness (QED) is 0.357. The van der Waals surface area contributed by atoms with Crippen LogP contribution in [0.25, 0.3) is 0 Å². The number of methoxy groups -OCH3 is 1. The highest BCUT2D eigenvalue weighted by Crippen LogP contribution is 2.49. The van der Waals surface area contributed by atoms with E-state index in [0.29, 0.717) is 24.0 Å². The van der Waals surface area contributed by atoms with Crippen LogP contribution in [-0.2, 0) is 32.9 Å². The van der Waals surface area contributed by atoms with E-state index in [0.717, 1.165) is 92.8 Å². The van der Waals surface area contributed by atoms with Gasteiger partial charge in [0.05, 0.1) is 17.5 Å². The van der Waals surface area contributed by atoms with Crippen molar-refractivity contribution in [3.8, 4) is 5.75 Å². The number of carbonyl (C=O) groups excluding carboxylic acids is 1. The van der Waals surface area contributed by atoms with Crippen LogP contribution >= 0.6 is 11.6 Å². The summed E-state index contributed by atoms with van der Waals surface area (Å²) in [6.45, 7) is 11.1. The van der Waals surface area contributed by atoms with Crippen molar-refractivity contribution in [3.63, 3.8) is 0 Å². The summed E-state index contributed by atoms with van der Waals surface area (Å²) in [4.78, 5) is 18.5. The monoisotopic (exact) mass is 741 g/mol. The molecule has 11 heteroatoms.